The van der Waals surface area contributed by atoms with E-state index in [1.54, 1.807) is 0 Å². The molecule has 0 fully saturated rings. The molecule has 13 heteroatoms. The molecule has 0 amide bonds. The van der Waals surface area contributed by atoms with Crippen molar-refractivity contribution in [3.05, 3.63) is 0 Å². The predicted molar refractivity (Wildman–Crippen MR) is 45.4 cm³/mol. The van der Waals surface area contributed by atoms with Gasteiger partial charge < -0.3 is 7.13 Å². The fraction of sp³-hybridized carbons (Fsp3) is 0. The number of hydrogen-bond acceptors (Lipinski definition) is 4. The quantitative estimate of drug-likeness (QED) is 0.258. The van der Waals surface area contributed by atoms with E-state index in [-0.39, 0.29) is 119 Å². The Bertz CT molecular complexity index is 234. The summed E-state index contributed by atoms with van der Waals surface area (Å²) in [5.74, 6) is 0. The maximum atomic E-state index is 8.74. The van der Waals surface area contributed by atoms with Gasteiger partial charge in [0.25, 0.3) is 0 Å². The van der Waals surface area contributed by atoms with E-state index in [4.69, 9.17) is 35.0 Å². The summed E-state index contributed by atoms with van der Waals surface area (Å²) in [7, 11) is -9.33. The van der Waals surface area contributed by atoms with Crippen LogP contribution in [0.5, 0.6) is 0 Å². The Balaban J connectivity index is -0.00000000615. The fourth-order valence-electron chi connectivity index (χ4n) is 0. The van der Waals surface area contributed by atoms with Gasteiger partial charge in [0.1, 0.15) is 0 Å². The summed E-state index contributed by atoms with van der Waals surface area (Å²) in [6.07, 6.45) is 0. The van der Waals surface area contributed by atoms with Gasteiger partial charge in [-0.3, -0.25) is 18.2 Å². The zero-order valence-corrected chi connectivity index (χ0v) is 15.0. The smallest absolute Gasteiger partial charge is 1.00 e. The molecule has 0 radical (unpaired) electrons. The second-order valence-corrected chi connectivity index (χ2v) is 2.69. The molecule has 4 N–H and O–H groups in total. The van der Waals surface area contributed by atoms with Crippen LogP contribution in [0.2, 0.25) is 0 Å². The van der Waals surface area contributed by atoms with E-state index in [1.807, 2.05) is 0 Å². The maximum absolute atomic E-state index is 8.74. The SMILES string of the molecule is O=S(=O)(O)O.O=S(=O)(O)O.[Ca+2].[H-].[H-].[H-].[H-].[H-].[K+].[Mg+2]. The maximum Gasteiger partial charge on any atom is 2.00 e. The molecule has 0 unspecified atom stereocenters. The summed E-state index contributed by atoms with van der Waals surface area (Å²) in [4.78, 5) is 0. The van der Waals surface area contributed by atoms with Crippen molar-refractivity contribution >= 4 is 81.6 Å². The third-order valence-corrected chi connectivity index (χ3v) is 0. The van der Waals surface area contributed by atoms with E-state index >= 15 is 0 Å². The molecule has 0 saturated heterocycles. The molecule has 0 rings (SSSR count). The van der Waals surface area contributed by atoms with E-state index in [2.05, 4.69) is 0 Å². The zero-order valence-electron chi connectivity index (χ0n) is 11.7. The van der Waals surface area contributed by atoms with E-state index < -0.39 is 20.8 Å². The molecule has 0 aliphatic heterocycles. The normalized spacial score (nSPS) is 8.92. The van der Waals surface area contributed by atoms with Crippen molar-refractivity contribution in [2.24, 2.45) is 0 Å². The Morgan fingerprint density at radius 2 is 0.769 bits per heavy atom. The van der Waals surface area contributed by atoms with Crippen molar-refractivity contribution in [2.45, 2.75) is 0 Å². The minimum Gasteiger partial charge on any atom is -1.00 e. The molecular weight excluding hydrogens is 296 g/mol. The van der Waals surface area contributed by atoms with Crippen molar-refractivity contribution in [1.29, 1.82) is 0 Å². The minimum atomic E-state index is -4.67. The van der Waals surface area contributed by atoms with Gasteiger partial charge in [-0.15, -0.1) is 0 Å². The van der Waals surface area contributed by atoms with Crippen molar-refractivity contribution in [2.75, 3.05) is 0 Å². The largest absolute Gasteiger partial charge is 2.00 e. The summed E-state index contributed by atoms with van der Waals surface area (Å²) >= 11 is 0. The summed E-state index contributed by atoms with van der Waals surface area (Å²) in [6, 6.07) is 0. The van der Waals surface area contributed by atoms with Gasteiger partial charge >= 0.3 is 133 Å². The molecular formula is H9CaKMgO8S2. The van der Waals surface area contributed by atoms with Crippen LogP contribution in [0.4, 0.5) is 0 Å². The fourth-order valence-corrected chi connectivity index (χ4v) is 0. The molecule has 13 heavy (non-hydrogen) atoms. The van der Waals surface area contributed by atoms with Crippen LogP contribution < -0.4 is 51.4 Å². The Hall–Kier alpha value is 3.40. The Morgan fingerprint density at radius 1 is 0.769 bits per heavy atom. The van der Waals surface area contributed by atoms with Crippen LogP contribution >= 0.6 is 0 Å². The third-order valence-electron chi connectivity index (χ3n) is 0. The first-order valence-electron chi connectivity index (χ1n) is 1.40. The van der Waals surface area contributed by atoms with Crippen LogP contribution in [0.25, 0.3) is 0 Å². The molecule has 0 aliphatic rings. The summed E-state index contributed by atoms with van der Waals surface area (Å²) < 4.78 is 63.2. The zero-order chi connectivity index (χ0) is 9.00. The van der Waals surface area contributed by atoms with E-state index in [1.165, 1.54) is 0 Å². The first-order valence-corrected chi connectivity index (χ1v) is 4.19. The van der Waals surface area contributed by atoms with Crippen LogP contribution in [0.3, 0.4) is 0 Å². The van der Waals surface area contributed by atoms with Crippen molar-refractivity contribution in [3.63, 3.8) is 0 Å². The summed E-state index contributed by atoms with van der Waals surface area (Å²) in [5.41, 5.74) is 0. The first-order chi connectivity index (χ1) is 4.00. The molecule has 0 aliphatic carbocycles. The minimum absolute atomic E-state index is 0. The average Bonchev–Trinajstić information content (AvgIpc) is 1.12. The first kappa shape index (κ1) is 29.9. The van der Waals surface area contributed by atoms with Gasteiger partial charge in [-0.2, -0.15) is 16.8 Å². The Morgan fingerprint density at radius 3 is 0.769 bits per heavy atom. The molecule has 0 spiro atoms. The van der Waals surface area contributed by atoms with Crippen LogP contribution in [0.1, 0.15) is 7.13 Å². The third kappa shape index (κ3) is 239. The Kier molecular flexibility index (Phi) is 31.0. The van der Waals surface area contributed by atoms with Gasteiger partial charge in [0.15, 0.2) is 0 Å². The molecule has 0 saturated carbocycles. The van der Waals surface area contributed by atoms with Crippen molar-refractivity contribution < 1.29 is 93.6 Å². The molecule has 8 nitrogen and oxygen atoms in total. The van der Waals surface area contributed by atoms with Crippen LogP contribution in [-0.4, -0.2) is 95.8 Å². The number of rotatable bonds is 0. The van der Waals surface area contributed by atoms with Gasteiger partial charge in [-0.1, -0.05) is 0 Å². The number of hydrogen-bond donors (Lipinski definition) is 4. The van der Waals surface area contributed by atoms with E-state index in [0.29, 0.717) is 0 Å². The molecule has 0 aromatic rings. The van der Waals surface area contributed by atoms with Gasteiger partial charge in [-0.05, 0) is 0 Å². The standard InChI is InChI=1S/Ca.K.Mg.2H2O4S.5H/c;;;2*1-5(2,3)4;;;;;/h;;;2*(H2,1,2,3,4);;;;;/q+2;+1;+2;;;5*-1. The van der Waals surface area contributed by atoms with Gasteiger partial charge in [0.2, 0.25) is 0 Å². The summed E-state index contributed by atoms with van der Waals surface area (Å²) in [6.45, 7) is 0. The topological polar surface area (TPSA) is 149 Å². The molecule has 74 valence electrons. The summed E-state index contributed by atoms with van der Waals surface area (Å²) in [5, 5.41) is 0. The van der Waals surface area contributed by atoms with E-state index in [0.717, 1.165) is 0 Å². The van der Waals surface area contributed by atoms with Crippen LogP contribution in [0, 0.1) is 0 Å². The molecule has 0 aromatic heterocycles. The monoisotopic (exact) mass is 304 g/mol. The second kappa shape index (κ2) is 13.5. The van der Waals surface area contributed by atoms with Gasteiger partial charge in [-0.25, -0.2) is 0 Å². The van der Waals surface area contributed by atoms with Gasteiger partial charge in [0.05, 0.1) is 0 Å². The van der Waals surface area contributed by atoms with Crippen LogP contribution in [-0.2, 0) is 20.8 Å². The predicted octanol–water partition coefficient (Wildman–Crippen LogP) is -4.50. The van der Waals surface area contributed by atoms with Gasteiger partial charge in [0, 0.05) is 0 Å². The molecule has 0 aromatic carbocycles. The average molecular weight is 305 g/mol. The van der Waals surface area contributed by atoms with Crippen LogP contribution in [0.15, 0.2) is 0 Å². The second-order valence-electron chi connectivity index (χ2n) is 0.896. The Labute approximate surface area is 171 Å². The molecule has 0 bridgehead atoms. The van der Waals surface area contributed by atoms with Crippen molar-refractivity contribution in [3.8, 4) is 0 Å². The molecule has 0 heterocycles. The van der Waals surface area contributed by atoms with E-state index in [9.17, 15) is 0 Å². The molecule has 0 atom stereocenters. The van der Waals surface area contributed by atoms with Crippen molar-refractivity contribution in [1.82, 2.24) is 0 Å².